The first kappa shape index (κ1) is 26.4. The number of ether oxygens (including phenoxy) is 1. The highest BCUT2D eigenvalue weighted by Gasteiger charge is 2.39. The molecule has 0 heterocycles. The first-order valence-electron chi connectivity index (χ1n) is 14.7. The number of esters is 1. The quantitative estimate of drug-likeness (QED) is 0.144. The van der Waals surface area contributed by atoms with E-state index in [2.05, 4.69) is 13.5 Å². The van der Waals surface area contributed by atoms with Crippen LogP contribution in [0.25, 0.3) is 0 Å². The fraction of sp³-hybridized carbons (Fsp3) is 0.719. The van der Waals surface area contributed by atoms with Crippen molar-refractivity contribution in [2.24, 2.45) is 35.5 Å². The van der Waals surface area contributed by atoms with Crippen LogP contribution in [0.4, 0.5) is 4.39 Å². The monoisotopic (exact) mass is 482 g/mol. The Bertz CT molecular complexity index is 825. The number of carbonyl (C=O) groups is 1. The molecule has 194 valence electrons. The maximum atomic E-state index is 14.3. The van der Waals surface area contributed by atoms with Gasteiger partial charge in [-0.05, 0) is 112 Å². The van der Waals surface area contributed by atoms with Gasteiger partial charge in [0.2, 0.25) is 0 Å². The van der Waals surface area contributed by atoms with E-state index in [9.17, 15) is 9.18 Å². The largest absolute Gasteiger partial charge is 0.426 e. The second-order valence-electron chi connectivity index (χ2n) is 11.9. The Morgan fingerprint density at radius 3 is 2.37 bits per heavy atom. The van der Waals surface area contributed by atoms with Crippen LogP contribution in [0.2, 0.25) is 0 Å². The third kappa shape index (κ3) is 7.20. The summed E-state index contributed by atoms with van der Waals surface area (Å²) >= 11 is 0. The second kappa shape index (κ2) is 13.1. The molecule has 4 atom stereocenters. The van der Waals surface area contributed by atoms with E-state index >= 15 is 0 Å². The van der Waals surface area contributed by atoms with Crippen molar-refractivity contribution in [2.45, 2.75) is 110 Å². The van der Waals surface area contributed by atoms with E-state index in [0.29, 0.717) is 17.7 Å². The summed E-state index contributed by atoms with van der Waals surface area (Å²) in [5, 5.41) is 0. The molecule has 35 heavy (non-hydrogen) atoms. The van der Waals surface area contributed by atoms with Crippen LogP contribution in [-0.4, -0.2) is 5.97 Å². The van der Waals surface area contributed by atoms with Crippen molar-refractivity contribution < 1.29 is 13.9 Å². The zero-order valence-electron chi connectivity index (χ0n) is 22.0. The Morgan fingerprint density at radius 1 is 0.971 bits per heavy atom. The first-order chi connectivity index (χ1) is 17.1. The number of halogens is 1. The molecular formula is C32H47FO2. The molecule has 3 aliphatic carbocycles. The van der Waals surface area contributed by atoms with Crippen LogP contribution in [0.15, 0.2) is 30.9 Å². The smallest absolute Gasteiger partial charge is 0.314 e. The van der Waals surface area contributed by atoms with Crippen molar-refractivity contribution in [1.29, 1.82) is 0 Å². The Balaban J connectivity index is 1.20. The SMILES string of the molecule is C=CCCc1ccc(OC(=O)C2CCC(C3CCC4CC(CCCCC)CCC4C3)CC2)cc1F. The van der Waals surface area contributed by atoms with Gasteiger partial charge >= 0.3 is 5.97 Å². The first-order valence-corrected chi connectivity index (χ1v) is 14.7. The molecule has 0 aromatic heterocycles. The van der Waals surface area contributed by atoms with Crippen molar-refractivity contribution in [3.05, 3.63) is 42.2 Å². The number of aryl methyl sites for hydroxylation is 1. The van der Waals surface area contributed by atoms with Gasteiger partial charge in [0.1, 0.15) is 11.6 Å². The van der Waals surface area contributed by atoms with E-state index < -0.39 is 0 Å². The van der Waals surface area contributed by atoms with Gasteiger partial charge in [-0.1, -0.05) is 51.2 Å². The summed E-state index contributed by atoms with van der Waals surface area (Å²) in [5.74, 6) is 4.41. The predicted octanol–water partition coefficient (Wildman–Crippen LogP) is 9.07. The molecule has 4 rings (SSSR count). The van der Waals surface area contributed by atoms with Crippen molar-refractivity contribution in [3.8, 4) is 5.75 Å². The molecule has 0 amide bonds. The molecule has 3 fully saturated rings. The lowest BCUT2D eigenvalue weighted by molar-refractivity contribution is -0.140. The van der Waals surface area contributed by atoms with Crippen molar-refractivity contribution in [2.75, 3.05) is 0 Å². The molecule has 2 nitrogen and oxygen atoms in total. The molecule has 0 N–H and O–H groups in total. The number of rotatable bonds is 10. The number of fused-ring (bicyclic) bond motifs is 1. The Hall–Kier alpha value is -1.64. The maximum Gasteiger partial charge on any atom is 0.314 e. The minimum atomic E-state index is -0.300. The lowest BCUT2D eigenvalue weighted by atomic mass is 9.60. The number of hydrogen-bond donors (Lipinski definition) is 0. The average molecular weight is 483 g/mol. The standard InChI is InChI=1S/C32H47FO2/c1-3-5-7-8-23-10-11-29-21-28(17-16-27(29)20-23)24-12-14-26(15-13-24)32(34)35-30-19-18-25(9-6-4-2)31(33)22-30/h4,18-19,22-24,26-29H,2-3,5-17,20-21H2,1H3. The van der Waals surface area contributed by atoms with E-state index in [4.69, 9.17) is 4.74 Å². The molecule has 0 aliphatic heterocycles. The van der Waals surface area contributed by atoms with Crippen LogP contribution in [-0.2, 0) is 11.2 Å². The normalized spacial score (nSPS) is 30.9. The van der Waals surface area contributed by atoms with Gasteiger partial charge in [0.05, 0.1) is 5.92 Å². The summed E-state index contributed by atoms with van der Waals surface area (Å²) in [4.78, 5) is 12.8. The third-order valence-electron chi connectivity index (χ3n) is 9.61. The highest BCUT2D eigenvalue weighted by molar-refractivity contribution is 5.75. The molecular weight excluding hydrogens is 435 g/mol. The number of allylic oxidation sites excluding steroid dienone is 1. The molecule has 0 bridgehead atoms. The fourth-order valence-electron chi connectivity index (χ4n) is 7.47. The van der Waals surface area contributed by atoms with E-state index in [0.717, 1.165) is 61.7 Å². The summed E-state index contributed by atoms with van der Waals surface area (Å²) in [7, 11) is 0. The predicted molar refractivity (Wildman–Crippen MR) is 142 cm³/mol. The van der Waals surface area contributed by atoms with Gasteiger partial charge in [-0.25, -0.2) is 4.39 Å². The van der Waals surface area contributed by atoms with E-state index in [1.807, 2.05) is 0 Å². The fourth-order valence-corrected chi connectivity index (χ4v) is 7.47. The van der Waals surface area contributed by atoms with Gasteiger partial charge in [-0.3, -0.25) is 4.79 Å². The molecule has 0 saturated heterocycles. The summed E-state index contributed by atoms with van der Waals surface area (Å²) in [6.07, 6.45) is 21.6. The highest BCUT2D eigenvalue weighted by atomic mass is 19.1. The Kier molecular flexibility index (Phi) is 9.86. The van der Waals surface area contributed by atoms with Crippen molar-refractivity contribution in [3.63, 3.8) is 0 Å². The molecule has 3 aliphatic rings. The zero-order chi connectivity index (χ0) is 24.6. The lowest BCUT2D eigenvalue weighted by Gasteiger charge is -2.45. The van der Waals surface area contributed by atoms with Crippen molar-refractivity contribution >= 4 is 5.97 Å². The molecule has 3 saturated carbocycles. The minimum absolute atomic E-state index is 0.0374. The van der Waals surface area contributed by atoms with Crippen LogP contribution in [0.5, 0.6) is 5.75 Å². The second-order valence-corrected chi connectivity index (χ2v) is 11.9. The summed E-state index contributed by atoms with van der Waals surface area (Å²) in [6, 6.07) is 4.81. The van der Waals surface area contributed by atoms with Gasteiger partial charge in [0.15, 0.2) is 0 Å². The molecule has 0 radical (unpaired) electrons. The van der Waals surface area contributed by atoms with Crippen LogP contribution in [0.1, 0.15) is 109 Å². The van der Waals surface area contributed by atoms with Crippen LogP contribution < -0.4 is 4.74 Å². The minimum Gasteiger partial charge on any atom is -0.426 e. The van der Waals surface area contributed by atoms with Crippen molar-refractivity contribution in [1.82, 2.24) is 0 Å². The van der Waals surface area contributed by atoms with E-state index in [1.54, 1.807) is 18.2 Å². The van der Waals surface area contributed by atoms with E-state index in [-0.39, 0.29) is 17.7 Å². The molecule has 4 unspecified atom stereocenters. The average Bonchev–Trinajstić information content (AvgIpc) is 2.88. The number of hydrogen-bond acceptors (Lipinski definition) is 2. The molecule has 0 spiro atoms. The summed E-state index contributed by atoms with van der Waals surface area (Å²) in [6.45, 7) is 5.99. The van der Waals surface area contributed by atoms with Gasteiger partial charge in [-0.15, -0.1) is 6.58 Å². The summed E-state index contributed by atoms with van der Waals surface area (Å²) < 4.78 is 19.9. The van der Waals surface area contributed by atoms with Gasteiger partial charge in [0, 0.05) is 6.07 Å². The number of benzene rings is 1. The van der Waals surface area contributed by atoms with Gasteiger partial charge in [0.25, 0.3) is 0 Å². The summed E-state index contributed by atoms with van der Waals surface area (Å²) in [5.41, 5.74) is 0.643. The molecule has 1 aromatic carbocycles. The van der Waals surface area contributed by atoms with Crippen LogP contribution >= 0.6 is 0 Å². The zero-order valence-corrected chi connectivity index (χ0v) is 22.0. The highest BCUT2D eigenvalue weighted by Crippen LogP contribution is 2.49. The van der Waals surface area contributed by atoms with E-state index in [1.165, 1.54) is 70.3 Å². The molecule has 3 heteroatoms. The maximum absolute atomic E-state index is 14.3. The lowest BCUT2D eigenvalue weighted by Crippen LogP contribution is -2.35. The number of unbranched alkanes of at least 4 members (excludes halogenated alkanes) is 2. The Labute approximate surface area is 213 Å². The van der Waals surface area contributed by atoms with Gasteiger partial charge in [-0.2, -0.15) is 0 Å². The van der Waals surface area contributed by atoms with Crippen LogP contribution in [0.3, 0.4) is 0 Å². The number of carbonyl (C=O) groups excluding carboxylic acids is 1. The molecule has 1 aromatic rings. The third-order valence-corrected chi connectivity index (χ3v) is 9.61. The van der Waals surface area contributed by atoms with Crippen LogP contribution in [0, 0.1) is 41.3 Å². The topological polar surface area (TPSA) is 26.3 Å². The Morgan fingerprint density at radius 2 is 1.66 bits per heavy atom. The van der Waals surface area contributed by atoms with Gasteiger partial charge < -0.3 is 4.74 Å².